The fraction of sp³-hybridized carbons (Fsp3) is 0.350. The summed E-state index contributed by atoms with van der Waals surface area (Å²) < 4.78 is 0. The van der Waals surface area contributed by atoms with Crippen LogP contribution >= 0.6 is 11.8 Å². The van der Waals surface area contributed by atoms with Crippen molar-refractivity contribution >= 4 is 17.7 Å². The highest BCUT2D eigenvalue weighted by Crippen LogP contribution is 2.26. The second kappa shape index (κ2) is 8.78. The van der Waals surface area contributed by atoms with Gasteiger partial charge >= 0.3 is 0 Å². The minimum Gasteiger partial charge on any atom is -0.352 e. The maximum atomic E-state index is 12.4. The van der Waals surface area contributed by atoms with Crippen molar-refractivity contribution in [3.8, 4) is 0 Å². The number of nitrogens with one attached hydrogen (secondary N) is 1. The van der Waals surface area contributed by atoms with Crippen molar-refractivity contribution in [2.24, 2.45) is 0 Å². The summed E-state index contributed by atoms with van der Waals surface area (Å²) in [5.41, 5.74) is 3.38. The first-order valence-corrected chi connectivity index (χ1v) is 9.03. The zero-order chi connectivity index (χ0) is 16.7. The molecule has 0 aliphatic rings. The number of thioether (sulfide) groups is 1. The Hall–Kier alpha value is -1.74. The van der Waals surface area contributed by atoms with Crippen LogP contribution in [0.1, 0.15) is 41.8 Å². The van der Waals surface area contributed by atoms with Crippen molar-refractivity contribution in [3.05, 3.63) is 65.2 Å². The zero-order valence-electron chi connectivity index (χ0n) is 14.1. The monoisotopic (exact) mass is 327 g/mol. The number of aryl methyl sites for hydroxylation is 2. The third kappa shape index (κ3) is 5.76. The summed E-state index contributed by atoms with van der Waals surface area (Å²) in [5.74, 6) is 0.0256. The second-order valence-corrected chi connectivity index (χ2v) is 7.63. The standard InChI is InChI=1S/C20H25NOS/c1-15(2)23-19-9-5-4-8-18(19)20(22)21-14-6-7-17-12-10-16(3)11-13-17/h4-5,8-13,15H,6-7,14H2,1-3H3,(H,21,22). The third-order valence-electron chi connectivity index (χ3n) is 3.54. The molecule has 2 rings (SSSR count). The van der Waals surface area contributed by atoms with Gasteiger partial charge in [-0.05, 0) is 37.5 Å². The van der Waals surface area contributed by atoms with Gasteiger partial charge in [0.05, 0.1) is 5.56 Å². The van der Waals surface area contributed by atoms with Gasteiger partial charge in [0, 0.05) is 16.7 Å². The summed E-state index contributed by atoms with van der Waals surface area (Å²) in [7, 11) is 0. The van der Waals surface area contributed by atoms with Gasteiger partial charge in [0.15, 0.2) is 0 Å². The molecule has 2 aromatic carbocycles. The lowest BCUT2D eigenvalue weighted by Crippen LogP contribution is -2.25. The van der Waals surface area contributed by atoms with Crippen LogP contribution in [-0.4, -0.2) is 17.7 Å². The highest BCUT2D eigenvalue weighted by atomic mass is 32.2. The molecule has 1 amide bonds. The average molecular weight is 327 g/mol. The molecule has 1 N–H and O–H groups in total. The molecule has 0 unspecified atom stereocenters. The molecule has 0 atom stereocenters. The maximum absolute atomic E-state index is 12.4. The minimum absolute atomic E-state index is 0.0256. The van der Waals surface area contributed by atoms with Gasteiger partial charge in [-0.1, -0.05) is 55.8 Å². The van der Waals surface area contributed by atoms with Crippen molar-refractivity contribution in [2.75, 3.05) is 6.54 Å². The Morgan fingerprint density at radius 2 is 1.78 bits per heavy atom. The van der Waals surface area contributed by atoms with Crippen LogP contribution in [0, 0.1) is 6.92 Å². The lowest BCUT2D eigenvalue weighted by Gasteiger charge is -2.11. The lowest BCUT2D eigenvalue weighted by atomic mass is 10.1. The van der Waals surface area contributed by atoms with Crippen molar-refractivity contribution in [1.82, 2.24) is 5.32 Å². The van der Waals surface area contributed by atoms with Crippen LogP contribution in [0.2, 0.25) is 0 Å². The molecule has 122 valence electrons. The van der Waals surface area contributed by atoms with E-state index in [9.17, 15) is 4.79 Å². The van der Waals surface area contributed by atoms with Gasteiger partial charge in [-0.3, -0.25) is 4.79 Å². The predicted octanol–water partition coefficient (Wildman–Crippen LogP) is 4.86. The summed E-state index contributed by atoms with van der Waals surface area (Å²) in [5, 5.41) is 3.51. The number of carbonyl (C=O) groups is 1. The maximum Gasteiger partial charge on any atom is 0.252 e. The third-order valence-corrected chi connectivity index (χ3v) is 4.62. The Balaban J connectivity index is 1.84. The predicted molar refractivity (Wildman–Crippen MR) is 99.3 cm³/mol. The zero-order valence-corrected chi connectivity index (χ0v) is 15.0. The van der Waals surface area contributed by atoms with E-state index >= 15 is 0 Å². The van der Waals surface area contributed by atoms with Gasteiger partial charge < -0.3 is 5.32 Å². The minimum atomic E-state index is 0.0256. The van der Waals surface area contributed by atoms with Crippen LogP contribution in [0.25, 0.3) is 0 Å². The summed E-state index contributed by atoms with van der Waals surface area (Å²) >= 11 is 1.73. The van der Waals surface area contributed by atoms with Gasteiger partial charge in [0.1, 0.15) is 0 Å². The molecular weight excluding hydrogens is 302 g/mol. The van der Waals surface area contributed by atoms with Crippen LogP contribution in [0.15, 0.2) is 53.4 Å². The van der Waals surface area contributed by atoms with Gasteiger partial charge in [0.25, 0.3) is 5.91 Å². The normalized spacial score (nSPS) is 10.8. The lowest BCUT2D eigenvalue weighted by molar-refractivity contribution is 0.0950. The Morgan fingerprint density at radius 1 is 1.09 bits per heavy atom. The van der Waals surface area contributed by atoms with E-state index in [1.807, 2.05) is 24.3 Å². The highest BCUT2D eigenvalue weighted by Gasteiger charge is 2.11. The van der Waals surface area contributed by atoms with E-state index in [0.717, 1.165) is 23.3 Å². The molecule has 3 heteroatoms. The number of rotatable bonds is 7. The van der Waals surface area contributed by atoms with Gasteiger partial charge in [0.2, 0.25) is 0 Å². The smallest absolute Gasteiger partial charge is 0.252 e. The molecule has 0 bridgehead atoms. The van der Waals surface area contributed by atoms with E-state index in [2.05, 4.69) is 50.4 Å². The summed E-state index contributed by atoms with van der Waals surface area (Å²) in [6.07, 6.45) is 1.94. The van der Waals surface area contributed by atoms with Crippen molar-refractivity contribution in [2.45, 2.75) is 43.8 Å². The van der Waals surface area contributed by atoms with Crippen molar-refractivity contribution in [3.63, 3.8) is 0 Å². The van der Waals surface area contributed by atoms with E-state index in [0.29, 0.717) is 11.8 Å². The molecule has 0 saturated carbocycles. The topological polar surface area (TPSA) is 29.1 Å². The van der Waals surface area contributed by atoms with E-state index in [4.69, 9.17) is 0 Å². The van der Waals surface area contributed by atoms with Crippen LogP contribution in [0.4, 0.5) is 0 Å². The van der Waals surface area contributed by atoms with E-state index in [-0.39, 0.29) is 5.91 Å². The molecule has 2 aromatic rings. The molecular formula is C20H25NOS. The molecule has 0 aromatic heterocycles. The van der Waals surface area contributed by atoms with Gasteiger partial charge in [-0.2, -0.15) is 0 Å². The quantitative estimate of drug-likeness (QED) is 0.581. The first-order valence-electron chi connectivity index (χ1n) is 8.15. The Labute approximate surface area is 143 Å². The van der Waals surface area contributed by atoms with E-state index in [1.165, 1.54) is 11.1 Å². The van der Waals surface area contributed by atoms with E-state index in [1.54, 1.807) is 11.8 Å². The molecule has 0 saturated heterocycles. The molecule has 2 nitrogen and oxygen atoms in total. The Bertz CT molecular complexity index is 634. The number of benzene rings is 2. The molecule has 0 aliphatic heterocycles. The van der Waals surface area contributed by atoms with Crippen molar-refractivity contribution < 1.29 is 4.79 Å². The summed E-state index contributed by atoms with van der Waals surface area (Å²) in [6.45, 7) is 7.08. The van der Waals surface area contributed by atoms with Crippen LogP contribution in [0.3, 0.4) is 0 Å². The largest absolute Gasteiger partial charge is 0.352 e. The number of hydrogen-bond donors (Lipinski definition) is 1. The number of carbonyl (C=O) groups excluding carboxylic acids is 1. The Morgan fingerprint density at radius 3 is 2.48 bits per heavy atom. The van der Waals surface area contributed by atoms with Crippen molar-refractivity contribution in [1.29, 1.82) is 0 Å². The fourth-order valence-corrected chi connectivity index (χ4v) is 3.31. The number of amides is 1. The van der Waals surface area contributed by atoms with Crippen LogP contribution < -0.4 is 5.32 Å². The first kappa shape index (κ1) is 17.6. The molecule has 0 fully saturated rings. The summed E-state index contributed by atoms with van der Waals surface area (Å²) in [6, 6.07) is 16.4. The second-order valence-electron chi connectivity index (χ2n) is 6.01. The molecule has 0 aliphatic carbocycles. The molecule has 0 radical (unpaired) electrons. The summed E-state index contributed by atoms with van der Waals surface area (Å²) in [4.78, 5) is 13.4. The molecule has 23 heavy (non-hydrogen) atoms. The SMILES string of the molecule is Cc1ccc(CCCNC(=O)c2ccccc2SC(C)C)cc1. The molecule has 0 spiro atoms. The average Bonchev–Trinajstić information content (AvgIpc) is 2.53. The first-order chi connectivity index (χ1) is 11.1. The Kier molecular flexibility index (Phi) is 6.72. The van der Waals surface area contributed by atoms with Gasteiger partial charge in [-0.25, -0.2) is 0 Å². The number of hydrogen-bond acceptors (Lipinski definition) is 2. The molecule has 0 heterocycles. The van der Waals surface area contributed by atoms with Gasteiger partial charge in [-0.15, -0.1) is 11.8 Å². The fourth-order valence-electron chi connectivity index (χ4n) is 2.36. The highest BCUT2D eigenvalue weighted by molar-refractivity contribution is 8.00. The van der Waals surface area contributed by atoms with E-state index < -0.39 is 0 Å². The van der Waals surface area contributed by atoms with Crippen LogP contribution in [0.5, 0.6) is 0 Å². The van der Waals surface area contributed by atoms with Crippen LogP contribution in [-0.2, 0) is 6.42 Å².